The first-order valence-corrected chi connectivity index (χ1v) is 5.86. The lowest BCUT2D eigenvalue weighted by Gasteiger charge is -2.12. The van der Waals surface area contributed by atoms with Crippen LogP contribution in [0, 0.1) is 0 Å². The topological polar surface area (TPSA) is 54.9 Å². The molecule has 0 spiro atoms. The van der Waals surface area contributed by atoms with Gasteiger partial charge in [-0.1, -0.05) is 37.3 Å². The van der Waals surface area contributed by atoms with Crippen molar-refractivity contribution in [3.05, 3.63) is 60.2 Å². The molecule has 0 saturated carbocycles. The number of rotatable bonds is 4. The van der Waals surface area contributed by atoms with Gasteiger partial charge in [0.05, 0.1) is 6.20 Å². The Labute approximate surface area is 106 Å². The fourth-order valence-electron chi connectivity index (χ4n) is 1.65. The number of benzene rings is 1. The summed E-state index contributed by atoms with van der Waals surface area (Å²) < 4.78 is 0. The molecule has 18 heavy (non-hydrogen) atoms. The van der Waals surface area contributed by atoms with E-state index in [0.717, 1.165) is 0 Å². The van der Waals surface area contributed by atoms with Crippen LogP contribution in [0.4, 0.5) is 0 Å². The van der Waals surface area contributed by atoms with Crippen LogP contribution in [0.2, 0.25) is 0 Å². The maximum atomic E-state index is 11.8. The summed E-state index contributed by atoms with van der Waals surface area (Å²) >= 11 is 0. The molecule has 1 aromatic carbocycles. The molecule has 2 aromatic rings. The van der Waals surface area contributed by atoms with E-state index in [1.165, 1.54) is 18.0 Å². The van der Waals surface area contributed by atoms with Gasteiger partial charge in [0.2, 0.25) is 0 Å². The van der Waals surface area contributed by atoms with Crippen molar-refractivity contribution in [2.24, 2.45) is 0 Å². The van der Waals surface area contributed by atoms with Crippen molar-refractivity contribution in [3.8, 4) is 0 Å². The minimum absolute atomic E-state index is 0.189. The van der Waals surface area contributed by atoms with E-state index in [-0.39, 0.29) is 11.8 Å². The van der Waals surface area contributed by atoms with Crippen LogP contribution in [-0.2, 0) is 0 Å². The molecule has 4 nitrogen and oxygen atoms in total. The maximum absolute atomic E-state index is 11.8. The molecule has 1 aromatic heterocycles. The Morgan fingerprint density at radius 3 is 2.72 bits per heavy atom. The highest BCUT2D eigenvalue weighted by molar-refractivity contribution is 5.91. The molecule has 1 N–H and O–H groups in total. The van der Waals surface area contributed by atoms with E-state index in [4.69, 9.17) is 0 Å². The molecule has 0 saturated heterocycles. The van der Waals surface area contributed by atoms with Crippen molar-refractivity contribution in [2.45, 2.75) is 12.8 Å². The van der Waals surface area contributed by atoms with E-state index in [2.05, 4.69) is 34.3 Å². The van der Waals surface area contributed by atoms with Crippen LogP contribution >= 0.6 is 0 Å². The van der Waals surface area contributed by atoms with Crippen molar-refractivity contribution in [2.75, 3.05) is 6.54 Å². The monoisotopic (exact) mass is 241 g/mol. The zero-order chi connectivity index (χ0) is 12.8. The predicted molar refractivity (Wildman–Crippen MR) is 69.2 cm³/mol. The van der Waals surface area contributed by atoms with Crippen LogP contribution < -0.4 is 5.32 Å². The van der Waals surface area contributed by atoms with Gasteiger partial charge in [0.1, 0.15) is 5.69 Å². The van der Waals surface area contributed by atoms with Gasteiger partial charge in [-0.2, -0.15) is 0 Å². The molecule has 1 atom stereocenters. The standard InChI is InChI=1S/C14H15N3O/c1-11(12-5-3-2-4-6-12)9-17-14(18)13-10-15-7-8-16-13/h2-8,10-11H,9H2,1H3,(H,17,18). The third-order valence-electron chi connectivity index (χ3n) is 2.73. The average Bonchev–Trinajstić information content (AvgIpc) is 2.46. The summed E-state index contributed by atoms with van der Waals surface area (Å²) in [5, 5.41) is 2.86. The van der Waals surface area contributed by atoms with Gasteiger partial charge in [0.15, 0.2) is 0 Å². The number of carbonyl (C=O) groups is 1. The Kier molecular flexibility index (Phi) is 4.02. The van der Waals surface area contributed by atoms with Gasteiger partial charge in [-0.25, -0.2) is 4.98 Å². The van der Waals surface area contributed by atoms with Gasteiger partial charge < -0.3 is 5.32 Å². The van der Waals surface area contributed by atoms with Crippen LogP contribution in [0.1, 0.15) is 28.9 Å². The van der Waals surface area contributed by atoms with E-state index in [1.54, 1.807) is 6.20 Å². The summed E-state index contributed by atoms with van der Waals surface area (Å²) in [5.41, 5.74) is 1.55. The second kappa shape index (κ2) is 5.91. The highest BCUT2D eigenvalue weighted by Crippen LogP contribution is 2.13. The largest absolute Gasteiger partial charge is 0.350 e. The molecule has 0 fully saturated rings. The lowest BCUT2D eigenvalue weighted by molar-refractivity contribution is 0.0946. The Morgan fingerprint density at radius 2 is 2.06 bits per heavy atom. The molecule has 4 heteroatoms. The smallest absolute Gasteiger partial charge is 0.271 e. The number of amides is 1. The van der Waals surface area contributed by atoms with Crippen molar-refractivity contribution in [1.29, 1.82) is 0 Å². The van der Waals surface area contributed by atoms with Crippen molar-refractivity contribution >= 4 is 5.91 Å². The average molecular weight is 241 g/mol. The van der Waals surface area contributed by atoms with Crippen molar-refractivity contribution < 1.29 is 4.79 Å². The second-order valence-electron chi connectivity index (χ2n) is 4.11. The molecule has 1 heterocycles. The van der Waals surface area contributed by atoms with Gasteiger partial charge in [0, 0.05) is 18.9 Å². The number of aromatic nitrogens is 2. The number of carbonyl (C=O) groups excluding carboxylic acids is 1. The van der Waals surface area contributed by atoms with E-state index >= 15 is 0 Å². The molecule has 92 valence electrons. The summed E-state index contributed by atoms with van der Waals surface area (Å²) in [4.78, 5) is 19.6. The number of nitrogens with zero attached hydrogens (tertiary/aromatic N) is 2. The summed E-state index contributed by atoms with van der Waals surface area (Å²) in [5.74, 6) is 0.0812. The normalized spacial score (nSPS) is 11.8. The van der Waals surface area contributed by atoms with Crippen LogP contribution in [0.3, 0.4) is 0 Å². The van der Waals surface area contributed by atoms with Gasteiger partial charge in [-0.05, 0) is 11.5 Å². The van der Waals surface area contributed by atoms with Crippen LogP contribution in [0.25, 0.3) is 0 Å². The number of hydrogen-bond acceptors (Lipinski definition) is 3. The first-order valence-electron chi connectivity index (χ1n) is 5.86. The zero-order valence-electron chi connectivity index (χ0n) is 10.2. The lowest BCUT2D eigenvalue weighted by atomic mass is 10.0. The van der Waals surface area contributed by atoms with Gasteiger partial charge in [0.25, 0.3) is 5.91 Å². The molecular weight excluding hydrogens is 226 g/mol. The van der Waals surface area contributed by atoms with Crippen molar-refractivity contribution in [3.63, 3.8) is 0 Å². The van der Waals surface area contributed by atoms with Crippen LogP contribution in [0.15, 0.2) is 48.9 Å². The number of hydrogen-bond donors (Lipinski definition) is 1. The second-order valence-corrected chi connectivity index (χ2v) is 4.11. The maximum Gasteiger partial charge on any atom is 0.271 e. The molecule has 0 bridgehead atoms. The lowest BCUT2D eigenvalue weighted by Crippen LogP contribution is -2.28. The highest BCUT2D eigenvalue weighted by atomic mass is 16.1. The predicted octanol–water partition coefficient (Wildman–Crippen LogP) is 2.01. The summed E-state index contributed by atoms with van der Waals surface area (Å²) in [6.07, 6.45) is 4.52. The molecule has 0 aliphatic heterocycles. The summed E-state index contributed by atoms with van der Waals surface area (Å²) in [6.45, 7) is 2.66. The molecule has 0 aliphatic rings. The minimum atomic E-state index is -0.189. The van der Waals surface area contributed by atoms with Gasteiger partial charge in [-0.15, -0.1) is 0 Å². The van der Waals surface area contributed by atoms with E-state index < -0.39 is 0 Å². The van der Waals surface area contributed by atoms with Gasteiger partial charge in [-0.3, -0.25) is 9.78 Å². The fraction of sp³-hybridized carbons (Fsp3) is 0.214. The molecule has 1 amide bonds. The third-order valence-corrected chi connectivity index (χ3v) is 2.73. The van der Waals surface area contributed by atoms with E-state index in [9.17, 15) is 4.79 Å². The van der Waals surface area contributed by atoms with Crippen LogP contribution in [-0.4, -0.2) is 22.4 Å². The molecule has 0 aliphatic carbocycles. The Hall–Kier alpha value is -2.23. The fourth-order valence-corrected chi connectivity index (χ4v) is 1.65. The Bertz CT molecular complexity index is 499. The third kappa shape index (κ3) is 3.13. The quantitative estimate of drug-likeness (QED) is 0.890. The minimum Gasteiger partial charge on any atom is -0.350 e. The Morgan fingerprint density at radius 1 is 1.28 bits per heavy atom. The summed E-state index contributed by atoms with van der Waals surface area (Å²) in [7, 11) is 0. The number of nitrogens with one attached hydrogen (secondary N) is 1. The van der Waals surface area contributed by atoms with Crippen molar-refractivity contribution in [1.82, 2.24) is 15.3 Å². The first kappa shape index (κ1) is 12.2. The summed E-state index contributed by atoms with van der Waals surface area (Å²) in [6, 6.07) is 10.1. The zero-order valence-corrected chi connectivity index (χ0v) is 10.2. The molecular formula is C14H15N3O. The highest BCUT2D eigenvalue weighted by Gasteiger charge is 2.09. The Balaban J connectivity index is 1.91. The van der Waals surface area contributed by atoms with E-state index in [0.29, 0.717) is 12.2 Å². The SMILES string of the molecule is CC(CNC(=O)c1cnccn1)c1ccccc1. The molecule has 2 rings (SSSR count). The molecule has 0 radical (unpaired) electrons. The van der Waals surface area contributed by atoms with E-state index in [1.807, 2.05) is 18.2 Å². The molecule has 1 unspecified atom stereocenters. The first-order chi connectivity index (χ1) is 8.77. The van der Waals surface area contributed by atoms with Gasteiger partial charge >= 0.3 is 0 Å². The van der Waals surface area contributed by atoms with Crippen LogP contribution in [0.5, 0.6) is 0 Å².